The molecule has 0 amide bonds. The molecule has 6 heteroatoms. The van der Waals surface area contributed by atoms with Gasteiger partial charge in [0.05, 0.1) is 5.39 Å². The number of nitrogen functional groups attached to an aromatic ring is 2. The van der Waals surface area contributed by atoms with Crippen LogP contribution in [0.5, 0.6) is 0 Å². The maximum Gasteiger partial charge on any atom is 0.223 e. The number of nitrogens with zero attached hydrogens (tertiary/aromatic N) is 2. The first kappa shape index (κ1) is 7.81. The van der Waals surface area contributed by atoms with Crippen LogP contribution >= 0.6 is 0 Å². The third kappa shape index (κ3) is 1.17. The molecule has 6 nitrogen and oxygen atoms in total. The van der Waals surface area contributed by atoms with Crippen molar-refractivity contribution >= 4 is 22.8 Å². The number of fused-ring (bicyclic) bond motifs is 1. The molecule has 0 aliphatic heterocycles. The van der Waals surface area contributed by atoms with Crippen LogP contribution in [-0.2, 0) is 6.54 Å². The maximum atomic E-state index is 5.63. The highest BCUT2D eigenvalue weighted by atomic mass is 15.1. The third-order valence-electron chi connectivity index (χ3n) is 1.81. The molecule has 7 N–H and O–H groups in total. The summed E-state index contributed by atoms with van der Waals surface area (Å²) in [4.78, 5) is 10.8. The Hall–Kier alpha value is -1.82. The van der Waals surface area contributed by atoms with Crippen LogP contribution in [0.15, 0.2) is 6.07 Å². The van der Waals surface area contributed by atoms with E-state index in [1.54, 1.807) is 0 Å². The van der Waals surface area contributed by atoms with Crippen molar-refractivity contribution in [2.24, 2.45) is 5.73 Å². The molecule has 0 aliphatic rings. The number of aromatic nitrogens is 3. The zero-order chi connectivity index (χ0) is 9.42. The maximum absolute atomic E-state index is 5.63. The molecule has 0 atom stereocenters. The van der Waals surface area contributed by atoms with E-state index >= 15 is 0 Å². The molecule has 0 fully saturated rings. The molecule has 0 unspecified atom stereocenters. The summed E-state index contributed by atoms with van der Waals surface area (Å²) in [7, 11) is 0. The van der Waals surface area contributed by atoms with E-state index < -0.39 is 0 Å². The summed E-state index contributed by atoms with van der Waals surface area (Å²) in [5.41, 5.74) is 18.0. The second-order valence-corrected chi connectivity index (χ2v) is 2.73. The van der Waals surface area contributed by atoms with Gasteiger partial charge in [-0.25, -0.2) is 0 Å². The smallest absolute Gasteiger partial charge is 0.223 e. The first-order chi connectivity index (χ1) is 6.20. The van der Waals surface area contributed by atoms with Crippen molar-refractivity contribution in [1.82, 2.24) is 15.0 Å². The van der Waals surface area contributed by atoms with E-state index in [4.69, 9.17) is 17.2 Å². The minimum Gasteiger partial charge on any atom is -0.383 e. The number of anilines is 2. The molecule has 0 radical (unpaired) electrons. The standard InChI is InChI=1S/C7H10N6/c8-2-3-1-4-5(9)12-7(10)13-6(4)11-3/h1H,2,8H2,(H5,9,10,11,12,13). The molecular formula is C7H10N6. The molecular weight excluding hydrogens is 168 g/mol. The van der Waals surface area contributed by atoms with E-state index in [2.05, 4.69) is 15.0 Å². The van der Waals surface area contributed by atoms with Gasteiger partial charge in [0.25, 0.3) is 0 Å². The lowest BCUT2D eigenvalue weighted by Gasteiger charge is -1.95. The van der Waals surface area contributed by atoms with E-state index in [0.29, 0.717) is 18.0 Å². The number of nitrogens with two attached hydrogens (primary N) is 3. The van der Waals surface area contributed by atoms with Gasteiger partial charge in [0.1, 0.15) is 11.5 Å². The van der Waals surface area contributed by atoms with Crippen LogP contribution in [0.1, 0.15) is 5.69 Å². The molecule has 0 saturated carbocycles. The number of H-pyrrole nitrogens is 1. The first-order valence-corrected chi connectivity index (χ1v) is 3.81. The number of hydrogen-bond acceptors (Lipinski definition) is 5. The molecule has 0 saturated heterocycles. The van der Waals surface area contributed by atoms with Gasteiger partial charge in [-0.05, 0) is 6.07 Å². The van der Waals surface area contributed by atoms with Gasteiger partial charge >= 0.3 is 0 Å². The summed E-state index contributed by atoms with van der Waals surface area (Å²) < 4.78 is 0. The molecule has 0 spiro atoms. The average Bonchev–Trinajstić information content (AvgIpc) is 2.47. The highest BCUT2D eigenvalue weighted by Gasteiger charge is 2.06. The second-order valence-electron chi connectivity index (χ2n) is 2.73. The molecule has 68 valence electrons. The van der Waals surface area contributed by atoms with E-state index in [1.807, 2.05) is 6.07 Å². The molecule has 0 aromatic carbocycles. The van der Waals surface area contributed by atoms with Crippen molar-refractivity contribution in [3.05, 3.63) is 11.8 Å². The largest absolute Gasteiger partial charge is 0.383 e. The van der Waals surface area contributed by atoms with Gasteiger partial charge in [0.2, 0.25) is 5.95 Å². The van der Waals surface area contributed by atoms with Crippen LogP contribution in [-0.4, -0.2) is 15.0 Å². The van der Waals surface area contributed by atoms with E-state index in [9.17, 15) is 0 Å². The SMILES string of the molecule is NCc1cc2c(N)nc(N)nc2[nH]1. The molecule has 2 heterocycles. The van der Waals surface area contributed by atoms with Crippen LogP contribution in [0.2, 0.25) is 0 Å². The third-order valence-corrected chi connectivity index (χ3v) is 1.81. The molecule has 2 rings (SSSR count). The minimum atomic E-state index is 0.162. The van der Waals surface area contributed by atoms with Crippen LogP contribution in [0, 0.1) is 0 Å². The van der Waals surface area contributed by atoms with Gasteiger partial charge < -0.3 is 22.2 Å². The van der Waals surface area contributed by atoms with Crippen LogP contribution in [0.25, 0.3) is 11.0 Å². The Balaban J connectivity index is 2.75. The summed E-state index contributed by atoms with van der Waals surface area (Å²) in [6.07, 6.45) is 0. The van der Waals surface area contributed by atoms with Gasteiger partial charge in [0.15, 0.2) is 0 Å². The fraction of sp³-hybridized carbons (Fsp3) is 0.143. The lowest BCUT2D eigenvalue weighted by Crippen LogP contribution is -1.99. The summed E-state index contributed by atoms with van der Waals surface area (Å²) in [5.74, 6) is 0.536. The van der Waals surface area contributed by atoms with Gasteiger partial charge in [-0.15, -0.1) is 0 Å². The predicted octanol–water partition coefficient (Wildman–Crippen LogP) is -0.419. The van der Waals surface area contributed by atoms with Gasteiger partial charge in [-0.3, -0.25) is 0 Å². The molecule has 2 aromatic rings. The van der Waals surface area contributed by atoms with Crippen molar-refractivity contribution < 1.29 is 0 Å². The van der Waals surface area contributed by atoms with Crippen LogP contribution in [0.3, 0.4) is 0 Å². The quantitative estimate of drug-likeness (QED) is 0.472. The average molecular weight is 178 g/mol. The Morgan fingerprint density at radius 3 is 2.77 bits per heavy atom. The van der Waals surface area contributed by atoms with Crippen molar-refractivity contribution in [1.29, 1.82) is 0 Å². The summed E-state index contributed by atoms with van der Waals surface area (Å²) in [6.45, 7) is 0.412. The Kier molecular flexibility index (Phi) is 1.56. The Labute approximate surface area is 74.1 Å². The van der Waals surface area contributed by atoms with Crippen LogP contribution in [0.4, 0.5) is 11.8 Å². The van der Waals surface area contributed by atoms with Gasteiger partial charge in [-0.1, -0.05) is 0 Å². The summed E-state index contributed by atoms with van der Waals surface area (Å²) >= 11 is 0. The zero-order valence-corrected chi connectivity index (χ0v) is 6.91. The minimum absolute atomic E-state index is 0.162. The summed E-state index contributed by atoms with van der Waals surface area (Å²) in [6, 6.07) is 1.82. The second kappa shape index (κ2) is 2.60. The Bertz CT molecular complexity index is 445. The highest BCUT2D eigenvalue weighted by molar-refractivity contribution is 5.87. The van der Waals surface area contributed by atoms with E-state index in [0.717, 1.165) is 11.1 Å². The Morgan fingerprint density at radius 2 is 2.08 bits per heavy atom. The van der Waals surface area contributed by atoms with Crippen molar-refractivity contribution in [3.8, 4) is 0 Å². The fourth-order valence-corrected chi connectivity index (χ4v) is 1.21. The number of aromatic amines is 1. The molecule has 0 aliphatic carbocycles. The zero-order valence-electron chi connectivity index (χ0n) is 6.91. The number of hydrogen-bond donors (Lipinski definition) is 4. The molecule has 0 bridgehead atoms. The number of rotatable bonds is 1. The topological polar surface area (TPSA) is 120 Å². The fourth-order valence-electron chi connectivity index (χ4n) is 1.21. The lowest BCUT2D eigenvalue weighted by atomic mass is 10.3. The molecule has 2 aromatic heterocycles. The predicted molar refractivity (Wildman–Crippen MR) is 50.6 cm³/mol. The number of nitrogens with one attached hydrogen (secondary N) is 1. The lowest BCUT2D eigenvalue weighted by molar-refractivity contribution is 1.01. The van der Waals surface area contributed by atoms with E-state index in [-0.39, 0.29) is 5.95 Å². The Morgan fingerprint density at radius 1 is 1.31 bits per heavy atom. The van der Waals surface area contributed by atoms with Crippen molar-refractivity contribution in [3.63, 3.8) is 0 Å². The van der Waals surface area contributed by atoms with Gasteiger partial charge in [0, 0.05) is 12.2 Å². The van der Waals surface area contributed by atoms with Gasteiger partial charge in [-0.2, -0.15) is 9.97 Å². The molecule has 13 heavy (non-hydrogen) atoms. The first-order valence-electron chi connectivity index (χ1n) is 3.81. The monoisotopic (exact) mass is 178 g/mol. The van der Waals surface area contributed by atoms with Crippen LogP contribution < -0.4 is 17.2 Å². The highest BCUT2D eigenvalue weighted by Crippen LogP contribution is 2.18. The van der Waals surface area contributed by atoms with E-state index in [1.165, 1.54) is 0 Å². The summed E-state index contributed by atoms with van der Waals surface area (Å²) in [5, 5.41) is 0.759. The van der Waals surface area contributed by atoms with Crippen molar-refractivity contribution in [2.75, 3.05) is 11.5 Å². The normalized spacial score (nSPS) is 10.8. The van der Waals surface area contributed by atoms with Crippen molar-refractivity contribution in [2.45, 2.75) is 6.54 Å².